The average Bonchev–Trinajstić information content (AvgIpc) is 3.31. The molecule has 8 nitrogen and oxygen atoms in total. The fraction of sp³-hybridized carbons (Fsp3) is 0.458. The van der Waals surface area contributed by atoms with Crippen molar-refractivity contribution in [3.63, 3.8) is 0 Å². The van der Waals surface area contributed by atoms with Gasteiger partial charge in [0.25, 0.3) is 5.91 Å². The van der Waals surface area contributed by atoms with E-state index in [4.69, 9.17) is 21.1 Å². The van der Waals surface area contributed by atoms with Gasteiger partial charge in [-0.1, -0.05) is 37.4 Å². The maximum Gasteiger partial charge on any atom is 0.329 e. The molecule has 2 aromatic rings. The van der Waals surface area contributed by atoms with Crippen LogP contribution in [0.15, 0.2) is 36.5 Å². The number of hydrogen-bond donors (Lipinski definition) is 3. The molecule has 0 radical (unpaired) electrons. The van der Waals surface area contributed by atoms with Gasteiger partial charge >= 0.3 is 5.97 Å². The quantitative estimate of drug-likeness (QED) is 0.493. The lowest BCUT2D eigenvalue weighted by atomic mass is 9.77. The Kier molecular flexibility index (Phi) is 7.68. The van der Waals surface area contributed by atoms with Gasteiger partial charge in [0.2, 0.25) is 0 Å². The minimum Gasteiger partial charge on any atom is -0.503 e. The lowest BCUT2D eigenvalue weighted by molar-refractivity contribution is -0.148. The van der Waals surface area contributed by atoms with E-state index in [1.165, 1.54) is 26.3 Å². The fourth-order valence-corrected chi connectivity index (χ4v) is 4.52. The molecule has 0 saturated heterocycles. The predicted octanol–water partition coefficient (Wildman–Crippen LogP) is 4.30. The Bertz CT molecular complexity index is 1010. The first-order chi connectivity index (χ1) is 15.7. The number of carbonyl (C=O) groups excluding carboxylic acids is 1. The number of carboxylic acid groups (broad SMARTS) is 1. The van der Waals surface area contributed by atoms with Crippen molar-refractivity contribution in [3.8, 4) is 17.2 Å². The second-order valence-corrected chi connectivity index (χ2v) is 8.98. The first-order valence-corrected chi connectivity index (χ1v) is 11.2. The van der Waals surface area contributed by atoms with E-state index in [0.717, 1.165) is 25.7 Å². The maximum atomic E-state index is 13.0. The molecule has 1 amide bonds. The van der Waals surface area contributed by atoms with Crippen LogP contribution in [0.2, 0.25) is 5.02 Å². The van der Waals surface area contributed by atoms with E-state index >= 15 is 0 Å². The summed E-state index contributed by atoms with van der Waals surface area (Å²) in [4.78, 5) is 29.4. The zero-order valence-electron chi connectivity index (χ0n) is 18.9. The van der Waals surface area contributed by atoms with Crippen molar-refractivity contribution in [3.05, 3.63) is 47.2 Å². The molecule has 3 N–H and O–H groups in total. The maximum absolute atomic E-state index is 13.0. The van der Waals surface area contributed by atoms with Crippen LogP contribution >= 0.6 is 11.6 Å². The third kappa shape index (κ3) is 5.33. The van der Waals surface area contributed by atoms with Crippen LogP contribution in [0, 0.1) is 11.8 Å². The molecule has 9 heteroatoms. The Morgan fingerprint density at radius 2 is 1.97 bits per heavy atom. The molecule has 3 rings (SSSR count). The van der Waals surface area contributed by atoms with Gasteiger partial charge in [0.05, 0.1) is 7.11 Å². The number of rotatable bonds is 9. The minimum absolute atomic E-state index is 0.0633. The largest absolute Gasteiger partial charge is 0.503 e. The monoisotopic (exact) mass is 476 g/mol. The van der Waals surface area contributed by atoms with E-state index in [0.29, 0.717) is 10.8 Å². The molecule has 0 aliphatic heterocycles. The smallest absolute Gasteiger partial charge is 0.329 e. The molecular formula is C24H29ClN2O6. The number of carboxylic acids is 1. The highest BCUT2D eigenvalue weighted by Crippen LogP contribution is 2.38. The second kappa shape index (κ2) is 10.3. The van der Waals surface area contributed by atoms with Gasteiger partial charge in [-0.25, -0.2) is 9.78 Å². The molecule has 0 unspecified atom stereocenters. The molecule has 0 bridgehead atoms. The summed E-state index contributed by atoms with van der Waals surface area (Å²) >= 11 is 6.11. The molecule has 1 heterocycles. The number of aromatic hydroxyl groups is 1. The van der Waals surface area contributed by atoms with Gasteiger partial charge in [-0.2, -0.15) is 0 Å². The number of ether oxygens (including phenoxy) is 2. The first-order valence-electron chi connectivity index (χ1n) is 10.9. The first kappa shape index (κ1) is 24.6. The normalized spacial score (nSPS) is 17.6. The Balaban J connectivity index is 1.92. The SMILES string of the molecule is COc1ccnc(C(=O)N[C@](C)(C(=O)O)[C@H](C)[C@H](Oc2cccc(Cl)c2)C2CCCC2)c1O. The average molecular weight is 477 g/mol. The number of carbonyl (C=O) groups is 2. The Morgan fingerprint density at radius 3 is 2.58 bits per heavy atom. The van der Waals surface area contributed by atoms with Crippen molar-refractivity contribution in [1.82, 2.24) is 10.3 Å². The highest BCUT2D eigenvalue weighted by atomic mass is 35.5. The van der Waals surface area contributed by atoms with Crippen molar-refractivity contribution in [2.45, 2.75) is 51.2 Å². The van der Waals surface area contributed by atoms with Gasteiger partial charge in [-0.05, 0) is 43.9 Å². The van der Waals surface area contributed by atoms with E-state index in [1.807, 2.05) is 0 Å². The summed E-state index contributed by atoms with van der Waals surface area (Å²) in [5.74, 6) is -2.41. The van der Waals surface area contributed by atoms with Crippen LogP contribution in [0.1, 0.15) is 50.0 Å². The Hall–Kier alpha value is -3.00. The number of amides is 1. The Labute approximate surface area is 197 Å². The lowest BCUT2D eigenvalue weighted by Gasteiger charge is -2.39. The van der Waals surface area contributed by atoms with Gasteiger partial charge < -0.3 is 25.0 Å². The van der Waals surface area contributed by atoms with Gasteiger partial charge in [-0.3, -0.25) is 4.79 Å². The second-order valence-electron chi connectivity index (χ2n) is 8.55. The van der Waals surface area contributed by atoms with Crippen molar-refractivity contribution >= 4 is 23.5 Å². The van der Waals surface area contributed by atoms with Crippen LogP contribution < -0.4 is 14.8 Å². The number of nitrogens with one attached hydrogen (secondary N) is 1. The van der Waals surface area contributed by atoms with Crippen LogP contribution in [0.3, 0.4) is 0 Å². The molecule has 1 saturated carbocycles. The van der Waals surface area contributed by atoms with E-state index in [-0.39, 0.29) is 17.4 Å². The van der Waals surface area contributed by atoms with Crippen LogP contribution in [0.4, 0.5) is 0 Å². The highest BCUT2D eigenvalue weighted by molar-refractivity contribution is 6.30. The van der Waals surface area contributed by atoms with Crippen LogP contribution in [0.5, 0.6) is 17.2 Å². The number of benzene rings is 1. The summed E-state index contributed by atoms with van der Waals surface area (Å²) < 4.78 is 11.3. The predicted molar refractivity (Wildman–Crippen MR) is 123 cm³/mol. The van der Waals surface area contributed by atoms with Gasteiger partial charge in [0, 0.05) is 23.2 Å². The van der Waals surface area contributed by atoms with Gasteiger partial charge in [-0.15, -0.1) is 0 Å². The number of halogens is 1. The molecule has 0 spiro atoms. The minimum atomic E-state index is -1.71. The highest BCUT2D eigenvalue weighted by Gasteiger charge is 2.48. The lowest BCUT2D eigenvalue weighted by Crippen LogP contribution is -2.61. The van der Waals surface area contributed by atoms with E-state index in [9.17, 15) is 19.8 Å². The number of nitrogens with zero attached hydrogens (tertiary/aromatic N) is 1. The van der Waals surface area contributed by atoms with E-state index < -0.39 is 35.2 Å². The molecule has 33 heavy (non-hydrogen) atoms. The van der Waals surface area contributed by atoms with Crippen LogP contribution in [-0.2, 0) is 4.79 Å². The topological polar surface area (TPSA) is 118 Å². The summed E-state index contributed by atoms with van der Waals surface area (Å²) in [6, 6.07) is 8.36. The zero-order valence-corrected chi connectivity index (χ0v) is 19.6. The molecular weight excluding hydrogens is 448 g/mol. The molecule has 1 aromatic carbocycles. The Morgan fingerprint density at radius 1 is 1.27 bits per heavy atom. The van der Waals surface area contributed by atoms with Crippen molar-refractivity contribution in [1.29, 1.82) is 0 Å². The van der Waals surface area contributed by atoms with Crippen molar-refractivity contribution < 1.29 is 29.3 Å². The van der Waals surface area contributed by atoms with E-state index in [2.05, 4.69) is 10.3 Å². The zero-order chi connectivity index (χ0) is 24.2. The summed E-state index contributed by atoms with van der Waals surface area (Å²) in [7, 11) is 1.35. The summed E-state index contributed by atoms with van der Waals surface area (Å²) in [6.45, 7) is 3.19. The number of aliphatic carboxylic acids is 1. The van der Waals surface area contributed by atoms with E-state index in [1.54, 1.807) is 31.2 Å². The molecule has 178 valence electrons. The summed E-state index contributed by atoms with van der Waals surface area (Å²) in [5, 5.41) is 23.6. The third-order valence-electron chi connectivity index (χ3n) is 6.48. The summed E-state index contributed by atoms with van der Waals surface area (Å²) in [6.07, 6.45) is 4.68. The van der Waals surface area contributed by atoms with Crippen LogP contribution in [0.25, 0.3) is 0 Å². The van der Waals surface area contributed by atoms with Crippen molar-refractivity contribution in [2.24, 2.45) is 11.8 Å². The van der Waals surface area contributed by atoms with Crippen LogP contribution in [-0.4, -0.2) is 45.8 Å². The molecule has 1 aliphatic carbocycles. The molecule has 1 aliphatic rings. The standard InChI is InChI=1S/C24H29ClN2O6/c1-14(21(15-7-4-5-8-15)33-17-10-6-9-16(25)13-17)24(2,23(30)31)27-22(29)19-20(28)18(32-3)11-12-26-19/h6,9-15,21,28H,4-5,7-8H2,1-3H3,(H,27,29)(H,30,31)/t14-,21+,24+/m1/s1. The number of aromatic nitrogens is 1. The molecule has 1 fully saturated rings. The molecule has 3 atom stereocenters. The number of methoxy groups -OCH3 is 1. The van der Waals surface area contributed by atoms with Gasteiger partial charge in [0.1, 0.15) is 17.4 Å². The van der Waals surface area contributed by atoms with Gasteiger partial charge in [0.15, 0.2) is 17.2 Å². The van der Waals surface area contributed by atoms with Crippen molar-refractivity contribution in [2.75, 3.05) is 7.11 Å². The number of hydrogen-bond acceptors (Lipinski definition) is 6. The summed E-state index contributed by atoms with van der Waals surface area (Å²) in [5.41, 5.74) is -2.03. The molecule has 1 aromatic heterocycles. The number of pyridine rings is 1. The third-order valence-corrected chi connectivity index (χ3v) is 6.71. The fourth-order valence-electron chi connectivity index (χ4n) is 4.34.